The quantitative estimate of drug-likeness (QED) is 0.486. The summed E-state index contributed by atoms with van der Waals surface area (Å²) in [4.78, 5) is 27.8. The number of rotatable bonds is 9. The maximum Gasteiger partial charge on any atom is 0.413 e. The molecule has 1 atom stereocenters. The third-order valence-electron chi connectivity index (χ3n) is 3.85. The third-order valence-corrected chi connectivity index (χ3v) is 4.41. The van der Waals surface area contributed by atoms with E-state index < -0.39 is 18.0 Å². The standard InChI is InChI=1S/C21H23Cl2N5O5/c1-5-31-21(30)26-20(29)17(10-24)28(4)27-13-8-15(22)19(16(23)9-13)33-14-6-7-18(25-11-14)32-12(2)3/h6-9,11-12,17,27H,5H2,1-4H3,(H,26,29,30). The van der Waals surface area contributed by atoms with E-state index in [-0.39, 0.29) is 28.5 Å². The van der Waals surface area contributed by atoms with Crippen molar-refractivity contribution in [1.82, 2.24) is 15.3 Å². The fourth-order valence-corrected chi connectivity index (χ4v) is 3.07. The van der Waals surface area contributed by atoms with Crippen LogP contribution in [0.25, 0.3) is 0 Å². The zero-order valence-corrected chi connectivity index (χ0v) is 19.9. The van der Waals surface area contributed by atoms with E-state index in [9.17, 15) is 14.9 Å². The normalized spacial score (nSPS) is 11.5. The molecule has 0 aliphatic heterocycles. The number of carbonyl (C=O) groups is 2. The van der Waals surface area contributed by atoms with Crippen LogP contribution in [0, 0.1) is 11.3 Å². The highest BCUT2D eigenvalue weighted by Crippen LogP contribution is 2.39. The fourth-order valence-electron chi connectivity index (χ4n) is 2.50. The van der Waals surface area contributed by atoms with Crippen LogP contribution in [-0.4, -0.2) is 47.8 Å². The zero-order chi connectivity index (χ0) is 24.5. The van der Waals surface area contributed by atoms with Gasteiger partial charge in [-0.15, -0.1) is 0 Å². The van der Waals surface area contributed by atoms with Crippen LogP contribution in [0.4, 0.5) is 10.5 Å². The van der Waals surface area contributed by atoms with E-state index in [1.165, 1.54) is 30.4 Å². The summed E-state index contributed by atoms with van der Waals surface area (Å²) in [6.45, 7) is 5.46. The molecule has 176 valence electrons. The molecule has 1 aromatic heterocycles. The van der Waals surface area contributed by atoms with Crippen molar-refractivity contribution in [2.24, 2.45) is 0 Å². The van der Waals surface area contributed by atoms with Crippen molar-refractivity contribution < 1.29 is 23.8 Å². The first-order chi connectivity index (χ1) is 15.6. The zero-order valence-electron chi connectivity index (χ0n) is 18.4. The molecule has 0 radical (unpaired) electrons. The number of ether oxygens (including phenoxy) is 3. The molecule has 10 nitrogen and oxygen atoms in total. The number of hydrazine groups is 1. The van der Waals surface area contributed by atoms with E-state index in [2.05, 4.69) is 15.1 Å². The van der Waals surface area contributed by atoms with Gasteiger partial charge < -0.3 is 19.6 Å². The number of halogens is 2. The summed E-state index contributed by atoms with van der Waals surface area (Å²) in [6.07, 6.45) is 0.523. The predicted octanol–water partition coefficient (Wildman–Crippen LogP) is 4.39. The van der Waals surface area contributed by atoms with Gasteiger partial charge in [0.05, 0.1) is 40.7 Å². The lowest BCUT2D eigenvalue weighted by molar-refractivity contribution is -0.123. The van der Waals surface area contributed by atoms with Gasteiger partial charge in [0.15, 0.2) is 11.8 Å². The van der Waals surface area contributed by atoms with Crippen molar-refractivity contribution in [3.63, 3.8) is 0 Å². The molecule has 12 heteroatoms. The van der Waals surface area contributed by atoms with E-state index in [0.717, 1.165) is 0 Å². The molecule has 33 heavy (non-hydrogen) atoms. The van der Waals surface area contributed by atoms with E-state index in [1.54, 1.807) is 25.1 Å². The summed E-state index contributed by atoms with van der Waals surface area (Å²) in [7, 11) is 1.44. The lowest BCUT2D eigenvalue weighted by atomic mass is 10.3. The molecule has 0 aliphatic rings. The number of imide groups is 1. The number of hydrogen-bond donors (Lipinski definition) is 2. The van der Waals surface area contributed by atoms with Crippen LogP contribution in [-0.2, 0) is 9.53 Å². The Hall–Kier alpha value is -3.26. The first-order valence-corrected chi connectivity index (χ1v) is 10.6. The van der Waals surface area contributed by atoms with Crippen molar-refractivity contribution >= 4 is 40.9 Å². The van der Waals surface area contributed by atoms with Crippen molar-refractivity contribution in [3.8, 4) is 23.4 Å². The number of nitrogens with zero attached hydrogens (tertiary/aromatic N) is 3. The van der Waals surface area contributed by atoms with E-state index in [1.807, 2.05) is 19.2 Å². The van der Waals surface area contributed by atoms with Crippen molar-refractivity contribution in [1.29, 1.82) is 5.26 Å². The van der Waals surface area contributed by atoms with Gasteiger partial charge >= 0.3 is 6.09 Å². The fraction of sp³-hybridized carbons (Fsp3) is 0.333. The lowest BCUT2D eigenvalue weighted by Crippen LogP contribution is -2.48. The minimum absolute atomic E-state index is 0.0109. The second kappa shape index (κ2) is 12.1. The highest BCUT2D eigenvalue weighted by Gasteiger charge is 2.25. The van der Waals surface area contributed by atoms with Gasteiger partial charge in [-0.1, -0.05) is 23.2 Å². The largest absolute Gasteiger partial charge is 0.475 e. The maximum absolute atomic E-state index is 12.2. The number of nitriles is 1. The molecular formula is C21H23Cl2N5O5. The van der Waals surface area contributed by atoms with Crippen molar-refractivity contribution in [3.05, 3.63) is 40.5 Å². The Morgan fingerprint density at radius 3 is 2.42 bits per heavy atom. The number of benzene rings is 1. The summed E-state index contributed by atoms with van der Waals surface area (Å²) in [6, 6.07) is 6.77. The Balaban J connectivity index is 2.10. The molecule has 2 rings (SSSR count). The minimum Gasteiger partial charge on any atom is -0.475 e. The molecule has 0 spiro atoms. The molecule has 1 aromatic carbocycles. The number of alkyl carbamates (subject to hydrolysis) is 1. The third kappa shape index (κ3) is 7.68. The number of amides is 2. The van der Waals surface area contributed by atoms with Gasteiger partial charge in [0.25, 0.3) is 5.91 Å². The SMILES string of the molecule is CCOC(=O)NC(=O)C(C#N)N(C)Nc1cc(Cl)c(Oc2ccc(OC(C)C)nc2)c(Cl)c1. The molecule has 2 N–H and O–H groups in total. The summed E-state index contributed by atoms with van der Waals surface area (Å²) >= 11 is 12.7. The minimum atomic E-state index is -1.35. The number of hydrogen-bond acceptors (Lipinski definition) is 9. The molecule has 0 bridgehead atoms. The molecule has 0 aliphatic carbocycles. The Morgan fingerprint density at radius 1 is 1.24 bits per heavy atom. The Kier molecular flexibility index (Phi) is 9.54. The molecule has 0 saturated heterocycles. The number of carbonyl (C=O) groups excluding carboxylic acids is 2. The second-order valence-corrected chi connectivity index (χ2v) is 7.65. The van der Waals surface area contributed by atoms with Crippen LogP contribution in [0.5, 0.6) is 17.4 Å². The van der Waals surface area contributed by atoms with Gasteiger partial charge in [0.2, 0.25) is 5.88 Å². The van der Waals surface area contributed by atoms with Crippen molar-refractivity contribution in [2.75, 3.05) is 19.1 Å². The number of pyridine rings is 1. The van der Waals surface area contributed by atoms with Crippen LogP contribution in [0.15, 0.2) is 30.5 Å². The molecular weight excluding hydrogens is 473 g/mol. The monoisotopic (exact) mass is 495 g/mol. The van der Waals surface area contributed by atoms with Gasteiger partial charge in [-0.25, -0.2) is 14.8 Å². The topological polar surface area (TPSA) is 126 Å². The Labute approximate surface area is 201 Å². The summed E-state index contributed by atoms with van der Waals surface area (Å²) < 4.78 is 15.9. The number of aromatic nitrogens is 1. The average molecular weight is 496 g/mol. The number of anilines is 1. The molecule has 1 unspecified atom stereocenters. The van der Waals surface area contributed by atoms with Crippen molar-refractivity contribution in [2.45, 2.75) is 32.9 Å². The summed E-state index contributed by atoms with van der Waals surface area (Å²) in [5.74, 6) is 0.187. The molecule has 2 amide bonds. The maximum atomic E-state index is 12.2. The van der Waals surface area contributed by atoms with Crippen LogP contribution >= 0.6 is 23.2 Å². The van der Waals surface area contributed by atoms with Crippen LogP contribution in [0.2, 0.25) is 10.0 Å². The number of nitrogens with one attached hydrogen (secondary N) is 2. The van der Waals surface area contributed by atoms with Crippen LogP contribution < -0.4 is 20.2 Å². The van der Waals surface area contributed by atoms with E-state index in [4.69, 9.17) is 32.7 Å². The molecule has 2 aromatic rings. The van der Waals surface area contributed by atoms with Gasteiger partial charge in [0.1, 0.15) is 5.75 Å². The number of likely N-dealkylation sites (N-methyl/N-ethyl adjacent to an activating group) is 1. The van der Waals surface area contributed by atoms with Gasteiger partial charge in [-0.2, -0.15) is 5.26 Å². The molecule has 0 fully saturated rings. The second-order valence-electron chi connectivity index (χ2n) is 6.83. The van der Waals surface area contributed by atoms with Crippen LogP contribution in [0.1, 0.15) is 20.8 Å². The Morgan fingerprint density at radius 2 is 1.91 bits per heavy atom. The molecule has 0 saturated carbocycles. The highest BCUT2D eigenvalue weighted by molar-refractivity contribution is 6.37. The van der Waals surface area contributed by atoms with Gasteiger partial charge in [-0.05, 0) is 39.0 Å². The smallest absolute Gasteiger partial charge is 0.413 e. The van der Waals surface area contributed by atoms with Gasteiger partial charge in [0, 0.05) is 13.1 Å². The lowest BCUT2D eigenvalue weighted by Gasteiger charge is -2.23. The van der Waals surface area contributed by atoms with Gasteiger partial charge in [-0.3, -0.25) is 10.1 Å². The predicted molar refractivity (Wildman–Crippen MR) is 122 cm³/mol. The van der Waals surface area contributed by atoms with E-state index >= 15 is 0 Å². The first kappa shape index (κ1) is 26.0. The summed E-state index contributed by atoms with van der Waals surface area (Å²) in [5.41, 5.74) is 3.20. The average Bonchev–Trinajstić information content (AvgIpc) is 2.72. The van der Waals surface area contributed by atoms with Crippen LogP contribution in [0.3, 0.4) is 0 Å². The first-order valence-electron chi connectivity index (χ1n) is 9.80. The highest BCUT2D eigenvalue weighted by atomic mass is 35.5. The van der Waals surface area contributed by atoms with E-state index in [0.29, 0.717) is 17.3 Å². The molecule has 1 heterocycles. The summed E-state index contributed by atoms with van der Waals surface area (Å²) in [5, 5.41) is 12.9. The Bertz CT molecular complexity index is 1000.